The molecule has 132 valence electrons. The number of nitrogens with one attached hydrogen (secondary N) is 2. The maximum Gasteiger partial charge on any atom is 0.271 e. The van der Waals surface area contributed by atoms with Gasteiger partial charge in [-0.2, -0.15) is 0 Å². The second-order valence-corrected chi connectivity index (χ2v) is 7.18. The summed E-state index contributed by atoms with van der Waals surface area (Å²) in [5.74, 6) is 0.937. The molecule has 4 rings (SSSR count). The molecule has 5 heteroatoms. The third kappa shape index (κ3) is 3.76. The maximum atomic E-state index is 12.1. The molecule has 2 aromatic rings. The highest BCUT2D eigenvalue weighted by Crippen LogP contribution is 2.23. The zero-order valence-electron chi connectivity index (χ0n) is 14.6. The standard InChI is InChI=1S/C20H26N4O/c25-20-19-17(10-6-11-21-20)22-18(23-19)13-16-9-4-5-12-24(16)14-15-7-2-1-3-8-15/h1-3,7-8,16H,4-6,9-14H2,(H,21,25)(H,22,23). The summed E-state index contributed by atoms with van der Waals surface area (Å²) in [6, 6.07) is 11.2. The second-order valence-electron chi connectivity index (χ2n) is 7.18. The van der Waals surface area contributed by atoms with Gasteiger partial charge in [0.1, 0.15) is 11.5 Å². The number of nitrogens with zero attached hydrogens (tertiary/aromatic N) is 2. The summed E-state index contributed by atoms with van der Waals surface area (Å²) in [7, 11) is 0. The van der Waals surface area contributed by atoms with Crippen LogP contribution in [-0.4, -0.2) is 39.9 Å². The predicted molar refractivity (Wildman–Crippen MR) is 97.4 cm³/mol. The van der Waals surface area contributed by atoms with Gasteiger partial charge in [-0.1, -0.05) is 36.8 Å². The van der Waals surface area contributed by atoms with Crippen LogP contribution < -0.4 is 5.32 Å². The van der Waals surface area contributed by atoms with Crippen LogP contribution in [0.5, 0.6) is 0 Å². The van der Waals surface area contributed by atoms with Gasteiger partial charge in [-0.3, -0.25) is 9.69 Å². The molecule has 0 aliphatic carbocycles. The number of aromatic amines is 1. The summed E-state index contributed by atoms with van der Waals surface area (Å²) in [4.78, 5) is 22.8. The smallest absolute Gasteiger partial charge is 0.271 e. The zero-order valence-corrected chi connectivity index (χ0v) is 14.6. The Bertz CT molecular complexity index is 725. The van der Waals surface area contributed by atoms with E-state index in [4.69, 9.17) is 0 Å². The van der Waals surface area contributed by atoms with Gasteiger partial charge in [-0.05, 0) is 37.8 Å². The van der Waals surface area contributed by atoms with Gasteiger partial charge in [0, 0.05) is 31.2 Å². The number of carbonyl (C=O) groups is 1. The number of H-pyrrole nitrogens is 1. The highest BCUT2D eigenvalue weighted by molar-refractivity contribution is 5.93. The van der Waals surface area contributed by atoms with Crippen molar-refractivity contribution in [3.8, 4) is 0 Å². The lowest BCUT2D eigenvalue weighted by molar-refractivity contribution is 0.0951. The number of rotatable bonds is 4. The Hall–Kier alpha value is -2.14. The van der Waals surface area contributed by atoms with Crippen molar-refractivity contribution in [1.82, 2.24) is 20.2 Å². The fourth-order valence-corrected chi connectivity index (χ4v) is 4.02. The van der Waals surface area contributed by atoms with Gasteiger partial charge in [-0.25, -0.2) is 4.98 Å². The lowest BCUT2D eigenvalue weighted by atomic mass is 9.98. The molecule has 1 fully saturated rings. The van der Waals surface area contributed by atoms with Crippen LogP contribution in [0.25, 0.3) is 0 Å². The molecule has 1 unspecified atom stereocenters. The molecule has 2 aliphatic heterocycles. The van der Waals surface area contributed by atoms with Crippen molar-refractivity contribution in [1.29, 1.82) is 0 Å². The SMILES string of the molecule is O=C1NCCCc2[nH]c(CC3CCCCN3Cc3ccccc3)nc21. The first-order valence-electron chi connectivity index (χ1n) is 9.43. The number of likely N-dealkylation sites (tertiary alicyclic amines) is 1. The Morgan fingerprint density at radius 2 is 2.04 bits per heavy atom. The highest BCUT2D eigenvalue weighted by atomic mass is 16.1. The molecule has 1 amide bonds. The molecule has 0 spiro atoms. The molecular weight excluding hydrogens is 312 g/mol. The number of imidazole rings is 1. The molecule has 1 atom stereocenters. The molecule has 0 saturated carbocycles. The topological polar surface area (TPSA) is 61.0 Å². The monoisotopic (exact) mass is 338 g/mol. The average molecular weight is 338 g/mol. The first-order chi connectivity index (χ1) is 12.3. The summed E-state index contributed by atoms with van der Waals surface area (Å²) in [6.45, 7) is 2.87. The summed E-state index contributed by atoms with van der Waals surface area (Å²) in [6.07, 6.45) is 6.51. The molecule has 0 bridgehead atoms. The van der Waals surface area contributed by atoms with E-state index in [-0.39, 0.29) is 5.91 Å². The molecule has 1 aromatic carbocycles. The number of aryl methyl sites for hydroxylation is 1. The van der Waals surface area contributed by atoms with Crippen LogP contribution in [0.2, 0.25) is 0 Å². The van der Waals surface area contributed by atoms with Crippen molar-refractivity contribution in [2.45, 2.75) is 51.1 Å². The van der Waals surface area contributed by atoms with Crippen LogP contribution in [-0.2, 0) is 19.4 Å². The maximum absolute atomic E-state index is 12.1. The van der Waals surface area contributed by atoms with Crippen molar-refractivity contribution in [2.24, 2.45) is 0 Å². The minimum Gasteiger partial charge on any atom is -0.351 e. The zero-order chi connectivity index (χ0) is 17.1. The summed E-state index contributed by atoms with van der Waals surface area (Å²) < 4.78 is 0. The Balaban J connectivity index is 1.48. The van der Waals surface area contributed by atoms with Gasteiger partial charge in [0.2, 0.25) is 0 Å². The molecule has 1 saturated heterocycles. The second kappa shape index (κ2) is 7.40. The van der Waals surface area contributed by atoms with E-state index in [2.05, 4.69) is 50.5 Å². The number of piperidine rings is 1. The average Bonchev–Trinajstić information content (AvgIpc) is 2.96. The molecule has 2 aliphatic rings. The van der Waals surface area contributed by atoms with E-state index in [0.29, 0.717) is 11.7 Å². The van der Waals surface area contributed by atoms with E-state index in [0.717, 1.165) is 50.4 Å². The van der Waals surface area contributed by atoms with Crippen molar-refractivity contribution < 1.29 is 4.79 Å². The van der Waals surface area contributed by atoms with Crippen LogP contribution in [0.1, 0.15) is 53.3 Å². The molecule has 5 nitrogen and oxygen atoms in total. The Morgan fingerprint density at radius 1 is 1.16 bits per heavy atom. The number of carbonyl (C=O) groups excluding carboxylic acids is 1. The van der Waals surface area contributed by atoms with Gasteiger partial charge in [0.15, 0.2) is 0 Å². The largest absolute Gasteiger partial charge is 0.351 e. The molecule has 0 radical (unpaired) electrons. The summed E-state index contributed by atoms with van der Waals surface area (Å²) in [5.41, 5.74) is 2.98. The summed E-state index contributed by atoms with van der Waals surface area (Å²) >= 11 is 0. The molecular formula is C20H26N4O. The van der Waals surface area contributed by atoms with Crippen LogP contribution in [0.15, 0.2) is 30.3 Å². The number of benzene rings is 1. The van der Waals surface area contributed by atoms with Crippen molar-refractivity contribution in [2.75, 3.05) is 13.1 Å². The number of hydrogen-bond acceptors (Lipinski definition) is 3. The van der Waals surface area contributed by atoms with Gasteiger partial charge < -0.3 is 10.3 Å². The van der Waals surface area contributed by atoms with Gasteiger partial charge >= 0.3 is 0 Å². The van der Waals surface area contributed by atoms with Crippen molar-refractivity contribution >= 4 is 5.91 Å². The third-order valence-electron chi connectivity index (χ3n) is 5.34. The van der Waals surface area contributed by atoms with Gasteiger partial charge in [-0.15, -0.1) is 0 Å². The van der Waals surface area contributed by atoms with Crippen LogP contribution in [0.3, 0.4) is 0 Å². The highest BCUT2D eigenvalue weighted by Gasteiger charge is 2.26. The van der Waals surface area contributed by atoms with Crippen LogP contribution in [0.4, 0.5) is 0 Å². The molecule has 2 N–H and O–H groups in total. The Morgan fingerprint density at radius 3 is 2.92 bits per heavy atom. The van der Waals surface area contributed by atoms with E-state index < -0.39 is 0 Å². The van der Waals surface area contributed by atoms with Crippen LogP contribution >= 0.6 is 0 Å². The fourth-order valence-electron chi connectivity index (χ4n) is 4.02. The number of amides is 1. The first-order valence-corrected chi connectivity index (χ1v) is 9.43. The minimum absolute atomic E-state index is 0.0280. The van der Waals surface area contributed by atoms with Gasteiger partial charge in [0.25, 0.3) is 5.91 Å². The van der Waals surface area contributed by atoms with E-state index in [1.165, 1.54) is 24.8 Å². The number of fused-ring (bicyclic) bond motifs is 1. The van der Waals surface area contributed by atoms with Crippen molar-refractivity contribution in [3.05, 3.63) is 53.1 Å². The Kier molecular flexibility index (Phi) is 4.83. The quantitative estimate of drug-likeness (QED) is 0.901. The van der Waals surface area contributed by atoms with E-state index in [1.54, 1.807) is 0 Å². The van der Waals surface area contributed by atoms with Gasteiger partial charge in [0.05, 0.1) is 0 Å². The molecule has 3 heterocycles. The van der Waals surface area contributed by atoms with Crippen LogP contribution in [0, 0.1) is 0 Å². The predicted octanol–water partition coefficient (Wildman–Crippen LogP) is 2.68. The van der Waals surface area contributed by atoms with E-state index in [9.17, 15) is 4.79 Å². The minimum atomic E-state index is -0.0280. The van der Waals surface area contributed by atoms with E-state index in [1.807, 2.05) is 0 Å². The molecule has 1 aromatic heterocycles. The first kappa shape index (κ1) is 16.3. The third-order valence-corrected chi connectivity index (χ3v) is 5.34. The van der Waals surface area contributed by atoms with Crippen molar-refractivity contribution in [3.63, 3.8) is 0 Å². The van der Waals surface area contributed by atoms with E-state index >= 15 is 0 Å². The lowest BCUT2D eigenvalue weighted by Gasteiger charge is -2.35. The molecule has 25 heavy (non-hydrogen) atoms. The fraction of sp³-hybridized carbons (Fsp3) is 0.500. The Labute approximate surface area is 148 Å². The summed E-state index contributed by atoms with van der Waals surface area (Å²) in [5, 5.41) is 2.93. The number of aromatic nitrogens is 2. The number of hydrogen-bond donors (Lipinski definition) is 2. The lowest BCUT2D eigenvalue weighted by Crippen LogP contribution is -2.40. The normalized spacial score (nSPS) is 21.4.